The summed E-state index contributed by atoms with van der Waals surface area (Å²) in [5.74, 6) is 2.30. The van der Waals surface area contributed by atoms with Gasteiger partial charge in [-0.1, -0.05) is 18.2 Å². The average molecular weight is 322 g/mol. The van der Waals surface area contributed by atoms with Crippen LogP contribution in [0.15, 0.2) is 30.4 Å². The minimum Gasteiger partial charge on any atom is -0.497 e. The van der Waals surface area contributed by atoms with Gasteiger partial charge in [0.25, 0.3) is 0 Å². The zero-order chi connectivity index (χ0) is 16.1. The number of carbonyl (C=O) groups excluding carboxylic acids is 1. The molecule has 4 nitrogen and oxygen atoms in total. The molecule has 24 heavy (non-hydrogen) atoms. The predicted octanol–water partition coefficient (Wildman–Crippen LogP) is 2.90. The van der Waals surface area contributed by atoms with Crippen LogP contribution in [-0.4, -0.2) is 36.7 Å². The van der Waals surface area contributed by atoms with Crippen molar-refractivity contribution >= 4 is 11.6 Å². The first kappa shape index (κ1) is 13.5. The maximum atomic E-state index is 13.2. The molecule has 0 N–H and O–H groups in total. The van der Waals surface area contributed by atoms with Gasteiger partial charge in [-0.15, -0.1) is 0 Å². The molecule has 4 aliphatic heterocycles. The maximum absolute atomic E-state index is 13.2. The molecular formula is C20H22N2O2. The molecule has 2 saturated heterocycles. The topological polar surface area (TPSA) is 32.8 Å². The Morgan fingerprint density at radius 1 is 1.29 bits per heavy atom. The average Bonchev–Trinajstić information content (AvgIpc) is 3.06. The number of anilines is 1. The van der Waals surface area contributed by atoms with Crippen molar-refractivity contribution < 1.29 is 9.53 Å². The Bertz CT molecular complexity index is 803. The number of nitrogens with zero attached hydrogens (tertiary/aromatic N) is 2. The lowest BCUT2D eigenvalue weighted by Gasteiger charge is -2.63. The molecule has 1 aromatic rings. The lowest BCUT2D eigenvalue weighted by molar-refractivity contribution is -0.119. The highest BCUT2D eigenvalue weighted by Crippen LogP contribution is 2.71. The van der Waals surface area contributed by atoms with Crippen molar-refractivity contribution in [2.75, 3.05) is 25.1 Å². The molecule has 5 aliphatic rings. The summed E-state index contributed by atoms with van der Waals surface area (Å²) in [6.07, 6.45) is 8.97. The van der Waals surface area contributed by atoms with Gasteiger partial charge in [-0.05, 0) is 36.8 Å². The van der Waals surface area contributed by atoms with Gasteiger partial charge in [0.05, 0.1) is 12.8 Å². The Hall–Kier alpha value is -1.81. The van der Waals surface area contributed by atoms with E-state index >= 15 is 0 Å². The molecule has 1 saturated carbocycles. The fourth-order valence-electron chi connectivity index (χ4n) is 6.90. The summed E-state index contributed by atoms with van der Waals surface area (Å²) in [5.41, 5.74) is 2.39. The Labute approximate surface area is 142 Å². The second-order valence-electron chi connectivity index (χ2n) is 8.10. The SMILES string of the molecule is COc1ccc2c(c1)N1C(=O)C[C@]34C=CCN5CC[C@@H]2[C@@H](CC3)C514. The van der Waals surface area contributed by atoms with Crippen molar-refractivity contribution in [1.82, 2.24) is 4.90 Å². The zero-order valence-corrected chi connectivity index (χ0v) is 14.0. The highest BCUT2D eigenvalue weighted by Gasteiger charge is 2.75. The smallest absolute Gasteiger partial charge is 0.229 e. The van der Waals surface area contributed by atoms with Crippen molar-refractivity contribution in [1.29, 1.82) is 0 Å². The minimum atomic E-state index is -0.110. The molecule has 4 heterocycles. The minimum absolute atomic E-state index is 0.0203. The summed E-state index contributed by atoms with van der Waals surface area (Å²) in [7, 11) is 1.70. The molecule has 4 atom stereocenters. The van der Waals surface area contributed by atoms with Crippen LogP contribution in [0.3, 0.4) is 0 Å². The van der Waals surface area contributed by atoms with E-state index < -0.39 is 0 Å². The lowest BCUT2D eigenvalue weighted by atomic mass is 9.63. The highest BCUT2D eigenvalue weighted by molar-refractivity contribution is 6.01. The van der Waals surface area contributed by atoms with Gasteiger partial charge in [0.1, 0.15) is 11.4 Å². The fourth-order valence-corrected chi connectivity index (χ4v) is 6.90. The third kappa shape index (κ3) is 1.19. The van der Waals surface area contributed by atoms with E-state index in [2.05, 4.69) is 40.2 Å². The monoisotopic (exact) mass is 322 g/mol. The summed E-state index contributed by atoms with van der Waals surface area (Å²) < 4.78 is 5.48. The summed E-state index contributed by atoms with van der Waals surface area (Å²) in [6.45, 7) is 2.08. The summed E-state index contributed by atoms with van der Waals surface area (Å²) in [4.78, 5) is 18.0. The lowest BCUT2D eigenvalue weighted by Crippen LogP contribution is -2.72. The van der Waals surface area contributed by atoms with Crippen LogP contribution in [0.1, 0.15) is 37.2 Å². The quantitative estimate of drug-likeness (QED) is 0.745. The number of ether oxygens (including phenoxy) is 1. The molecular weight excluding hydrogens is 300 g/mol. The van der Waals surface area contributed by atoms with Crippen LogP contribution in [0, 0.1) is 11.3 Å². The molecule has 4 heteroatoms. The summed E-state index contributed by atoms with van der Waals surface area (Å²) in [6, 6.07) is 6.37. The molecule has 1 unspecified atom stereocenters. The number of hydrogen-bond acceptors (Lipinski definition) is 3. The summed E-state index contributed by atoms with van der Waals surface area (Å²) >= 11 is 0. The second kappa shape index (κ2) is 4.05. The first-order chi connectivity index (χ1) is 11.7. The largest absolute Gasteiger partial charge is 0.497 e. The number of methoxy groups -OCH3 is 1. The molecule has 0 aromatic heterocycles. The Kier molecular flexibility index (Phi) is 2.27. The van der Waals surface area contributed by atoms with E-state index in [1.54, 1.807) is 7.11 Å². The Morgan fingerprint density at radius 2 is 2.21 bits per heavy atom. The van der Waals surface area contributed by atoms with Gasteiger partial charge in [-0.25, -0.2) is 0 Å². The molecule has 0 radical (unpaired) electrons. The van der Waals surface area contributed by atoms with Gasteiger partial charge in [0.15, 0.2) is 0 Å². The first-order valence-electron chi connectivity index (χ1n) is 9.15. The van der Waals surface area contributed by atoms with Crippen molar-refractivity contribution in [3.63, 3.8) is 0 Å². The number of piperidine rings is 1. The van der Waals surface area contributed by atoms with Crippen molar-refractivity contribution in [3.05, 3.63) is 35.9 Å². The molecule has 1 aromatic carbocycles. The van der Waals surface area contributed by atoms with E-state index in [1.165, 1.54) is 18.4 Å². The molecule has 1 spiro atoms. The van der Waals surface area contributed by atoms with E-state index in [-0.39, 0.29) is 11.1 Å². The Morgan fingerprint density at radius 3 is 3.08 bits per heavy atom. The molecule has 1 aliphatic carbocycles. The van der Waals surface area contributed by atoms with E-state index in [1.807, 2.05) is 0 Å². The van der Waals surface area contributed by atoms with E-state index in [9.17, 15) is 4.79 Å². The Balaban J connectivity index is 1.69. The van der Waals surface area contributed by atoms with Crippen LogP contribution in [0.2, 0.25) is 0 Å². The third-order valence-corrected chi connectivity index (χ3v) is 7.53. The molecule has 1 amide bonds. The van der Waals surface area contributed by atoms with Gasteiger partial charge < -0.3 is 4.74 Å². The predicted molar refractivity (Wildman–Crippen MR) is 91.1 cm³/mol. The van der Waals surface area contributed by atoms with Crippen LogP contribution in [-0.2, 0) is 4.79 Å². The first-order valence-corrected chi connectivity index (χ1v) is 9.15. The van der Waals surface area contributed by atoms with Crippen LogP contribution >= 0.6 is 0 Å². The van der Waals surface area contributed by atoms with Gasteiger partial charge in [0, 0.05) is 36.9 Å². The van der Waals surface area contributed by atoms with Crippen LogP contribution < -0.4 is 9.64 Å². The zero-order valence-electron chi connectivity index (χ0n) is 14.0. The van der Waals surface area contributed by atoms with Gasteiger partial charge in [0.2, 0.25) is 5.91 Å². The standard InChI is InChI=1S/C20H22N2O2/c1-24-13-3-4-15-14-6-10-21-9-2-7-19-8-5-16(14)20(19,21)22(17(15)11-13)18(23)12-19/h2-4,7,11,14,16H,5-6,8-10,12H2,1H3/t14-,16+,19-,20?/m0/s1. The van der Waals surface area contributed by atoms with Crippen molar-refractivity contribution in [2.24, 2.45) is 11.3 Å². The summed E-state index contributed by atoms with van der Waals surface area (Å²) in [5, 5.41) is 0. The van der Waals surface area contributed by atoms with Crippen LogP contribution in [0.25, 0.3) is 0 Å². The number of benzene rings is 1. The second-order valence-corrected chi connectivity index (χ2v) is 8.10. The van der Waals surface area contributed by atoms with E-state index in [0.29, 0.717) is 24.2 Å². The van der Waals surface area contributed by atoms with Crippen LogP contribution in [0.5, 0.6) is 5.75 Å². The fraction of sp³-hybridized carbons (Fsp3) is 0.550. The third-order valence-electron chi connectivity index (χ3n) is 7.53. The van der Waals surface area contributed by atoms with Crippen molar-refractivity contribution in [3.8, 4) is 5.75 Å². The number of hydrogen-bond donors (Lipinski definition) is 0. The maximum Gasteiger partial charge on any atom is 0.229 e. The van der Waals surface area contributed by atoms with Crippen molar-refractivity contribution in [2.45, 2.75) is 37.3 Å². The van der Waals surface area contributed by atoms with Gasteiger partial charge in [-0.2, -0.15) is 0 Å². The van der Waals surface area contributed by atoms with Gasteiger partial charge in [-0.3, -0.25) is 14.6 Å². The molecule has 3 fully saturated rings. The van der Waals surface area contributed by atoms with E-state index in [0.717, 1.165) is 30.9 Å². The van der Waals surface area contributed by atoms with E-state index in [4.69, 9.17) is 4.74 Å². The normalized spacial score (nSPS) is 41.4. The molecule has 6 rings (SSSR count). The number of carbonyl (C=O) groups is 1. The van der Waals surface area contributed by atoms with Crippen LogP contribution in [0.4, 0.5) is 5.69 Å². The molecule has 2 bridgehead atoms. The van der Waals surface area contributed by atoms with Gasteiger partial charge >= 0.3 is 0 Å². The number of fused-ring (bicyclic) bond motifs is 3. The highest BCUT2D eigenvalue weighted by atomic mass is 16.5. The number of rotatable bonds is 1. The molecule has 124 valence electrons. The number of amides is 1.